The van der Waals surface area contributed by atoms with Crippen molar-refractivity contribution >= 4 is 0 Å². The Labute approximate surface area is 150 Å². The smallest absolute Gasteiger partial charge is 0.157 e. The molecule has 0 radical (unpaired) electrons. The Morgan fingerprint density at radius 3 is 1.88 bits per heavy atom. The molecule has 1 aliphatic heterocycles. The normalized spacial score (nSPS) is 21.8. The minimum absolute atomic E-state index is 0.0785. The maximum absolute atomic E-state index is 9.03. The molecule has 0 spiro atoms. The van der Waals surface area contributed by atoms with Gasteiger partial charge in [-0.25, -0.2) is 0 Å². The summed E-state index contributed by atoms with van der Waals surface area (Å²) in [5.41, 5.74) is 0. The van der Waals surface area contributed by atoms with E-state index in [1.807, 2.05) is 0 Å². The van der Waals surface area contributed by atoms with Crippen LogP contribution >= 0.6 is 0 Å². The number of rotatable bonds is 15. The van der Waals surface area contributed by atoms with E-state index in [0.29, 0.717) is 33.0 Å². The number of hydrogen-bond acceptors (Lipinski definition) is 8. The average Bonchev–Trinajstić information content (AvgIpc) is 2.67. The fourth-order valence-corrected chi connectivity index (χ4v) is 2.28. The van der Waals surface area contributed by atoms with Crippen LogP contribution < -0.4 is 0 Å². The standard InChI is InChI=1S/C17H34O8/c1-19-14(8-18)9-22-10-15(20-2)11-23-12-16(21-3)13-25-17-6-4-5-7-24-17/h14-18H,4-13H2,1-3H3. The van der Waals surface area contributed by atoms with E-state index in [1.165, 1.54) is 7.11 Å². The minimum Gasteiger partial charge on any atom is -0.394 e. The van der Waals surface area contributed by atoms with Crippen LogP contribution in [0.1, 0.15) is 19.3 Å². The molecule has 1 heterocycles. The summed E-state index contributed by atoms with van der Waals surface area (Å²) in [6.07, 6.45) is 2.35. The van der Waals surface area contributed by atoms with Gasteiger partial charge in [0.2, 0.25) is 0 Å². The topological polar surface area (TPSA) is 84.8 Å². The van der Waals surface area contributed by atoms with Gasteiger partial charge in [-0.1, -0.05) is 0 Å². The maximum Gasteiger partial charge on any atom is 0.157 e. The maximum atomic E-state index is 9.03. The van der Waals surface area contributed by atoms with Gasteiger partial charge in [-0.05, 0) is 19.3 Å². The first-order valence-corrected chi connectivity index (χ1v) is 8.81. The van der Waals surface area contributed by atoms with Crippen LogP contribution in [0, 0.1) is 0 Å². The van der Waals surface area contributed by atoms with E-state index in [-0.39, 0.29) is 31.2 Å². The summed E-state index contributed by atoms with van der Waals surface area (Å²) in [6, 6.07) is 0. The van der Waals surface area contributed by atoms with Gasteiger partial charge in [-0.2, -0.15) is 0 Å². The molecule has 150 valence electrons. The fourth-order valence-electron chi connectivity index (χ4n) is 2.28. The molecular formula is C17H34O8. The van der Waals surface area contributed by atoms with Gasteiger partial charge in [0, 0.05) is 27.9 Å². The van der Waals surface area contributed by atoms with Crippen LogP contribution in [0.5, 0.6) is 0 Å². The summed E-state index contributed by atoms with van der Waals surface area (Å²) in [6.45, 7) is 2.57. The second-order valence-electron chi connectivity index (χ2n) is 5.96. The molecule has 1 aliphatic rings. The van der Waals surface area contributed by atoms with E-state index >= 15 is 0 Å². The molecule has 8 heteroatoms. The predicted octanol–water partition coefficient (Wildman–Crippen LogP) is 0.600. The highest BCUT2D eigenvalue weighted by Gasteiger charge is 2.18. The van der Waals surface area contributed by atoms with E-state index in [2.05, 4.69) is 0 Å². The summed E-state index contributed by atoms with van der Waals surface area (Å²) in [5.74, 6) is 0. The second-order valence-corrected chi connectivity index (χ2v) is 5.96. The van der Waals surface area contributed by atoms with Crippen LogP contribution in [0.15, 0.2) is 0 Å². The summed E-state index contributed by atoms with van der Waals surface area (Å²) >= 11 is 0. The molecule has 1 N–H and O–H groups in total. The van der Waals surface area contributed by atoms with E-state index < -0.39 is 0 Å². The lowest BCUT2D eigenvalue weighted by atomic mass is 10.2. The average molecular weight is 366 g/mol. The molecule has 1 rings (SSSR count). The highest BCUT2D eigenvalue weighted by Crippen LogP contribution is 2.14. The molecule has 0 bridgehead atoms. The number of aliphatic hydroxyl groups excluding tert-OH is 1. The molecule has 1 fully saturated rings. The Kier molecular flexibility index (Phi) is 13.5. The van der Waals surface area contributed by atoms with E-state index in [4.69, 9.17) is 38.3 Å². The third-order valence-corrected chi connectivity index (χ3v) is 4.02. The van der Waals surface area contributed by atoms with Crippen molar-refractivity contribution in [2.75, 3.05) is 67.6 Å². The lowest BCUT2D eigenvalue weighted by Gasteiger charge is -2.25. The van der Waals surface area contributed by atoms with E-state index in [9.17, 15) is 0 Å². The Morgan fingerprint density at radius 2 is 1.40 bits per heavy atom. The number of aliphatic hydroxyl groups is 1. The highest BCUT2D eigenvalue weighted by molar-refractivity contribution is 4.61. The van der Waals surface area contributed by atoms with Crippen molar-refractivity contribution in [3.05, 3.63) is 0 Å². The van der Waals surface area contributed by atoms with Crippen molar-refractivity contribution in [1.82, 2.24) is 0 Å². The van der Waals surface area contributed by atoms with Crippen molar-refractivity contribution in [3.8, 4) is 0 Å². The van der Waals surface area contributed by atoms with Gasteiger partial charge in [-0.15, -0.1) is 0 Å². The minimum atomic E-state index is -0.324. The predicted molar refractivity (Wildman–Crippen MR) is 90.7 cm³/mol. The monoisotopic (exact) mass is 366 g/mol. The third kappa shape index (κ3) is 10.4. The first kappa shape index (κ1) is 22.7. The number of hydrogen-bond donors (Lipinski definition) is 1. The molecule has 0 aromatic carbocycles. The Morgan fingerprint density at radius 1 is 0.840 bits per heavy atom. The first-order chi connectivity index (χ1) is 12.2. The quantitative estimate of drug-likeness (QED) is 0.451. The molecule has 0 aromatic rings. The summed E-state index contributed by atoms with van der Waals surface area (Å²) in [5, 5.41) is 9.03. The van der Waals surface area contributed by atoms with Crippen molar-refractivity contribution in [2.45, 2.75) is 43.9 Å². The zero-order valence-corrected chi connectivity index (χ0v) is 15.7. The zero-order valence-electron chi connectivity index (χ0n) is 15.7. The molecule has 25 heavy (non-hydrogen) atoms. The Hall–Kier alpha value is -0.320. The number of ether oxygens (including phenoxy) is 7. The summed E-state index contributed by atoms with van der Waals surface area (Å²) < 4.78 is 38.1. The molecule has 0 amide bonds. The van der Waals surface area contributed by atoms with Crippen molar-refractivity contribution in [2.24, 2.45) is 0 Å². The van der Waals surface area contributed by atoms with Crippen LogP contribution in [0.4, 0.5) is 0 Å². The molecule has 0 aromatic heterocycles. The summed E-state index contributed by atoms with van der Waals surface area (Å²) in [7, 11) is 4.77. The third-order valence-electron chi connectivity index (χ3n) is 4.02. The number of methoxy groups -OCH3 is 3. The lowest BCUT2D eigenvalue weighted by Crippen LogP contribution is -2.33. The van der Waals surface area contributed by atoms with Crippen LogP contribution in [0.25, 0.3) is 0 Å². The van der Waals surface area contributed by atoms with Crippen molar-refractivity contribution < 1.29 is 38.3 Å². The molecule has 4 atom stereocenters. The largest absolute Gasteiger partial charge is 0.394 e. The first-order valence-electron chi connectivity index (χ1n) is 8.81. The van der Waals surface area contributed by atoms with Gasteiger partial charge >= 0.3 is 0 Å². The van der Waals surface area contributed by atoms with E-state index in [1.54, 1.807) is 14.2 Å². The van der Waals surface area contributed by atoms with Crippen molar-refractivity contribution in [1.29, 1.82) is 0 Å². The second kappa shape index (κ2) is 14.8. The zero-order chi connectivity index (χ0) is 18.3. The van der Waals surface area contributed by atoms with Gasteiger partial charge in [0.05, 0.1) is 39.6 Å². The van der Waals surface area contributed by atoms with Gasteiger partial charge in [0.1, 0.15) is 18.3 Å². The van der Waals surface area contributed by atoms with Crippen LogP contribution in [-0.2, 0) is 33.2 Å². The van der Waals surface area contributed by atoms with Crippen molar-refractivity contribution in [3.63, 3.8) is 0 Å². The summed E-state index contributed by atoms with van der Waals surface area (Å²) in [4.78, 5) is 0. The molecule has 0 aliphatic carbocycles. The SMILES string of the molecule is COC(CO)COCC(COCC(COC1CCCCO1)OC)OC. The van der Waals surface area contributed by atoms with Gasteiger partial charge in [-0.3, -0.25) is 0 Å². The highest BCUT2D eigenvalue weighted by atomic mass is 16.7. The van der Waals surface area contributed by atoms with Crippen LogP contribution in [-0.4, -0.2) is 97.3 Å². The van der Waals surface area contributed by atoms with E-state index in [0.717, 1.165) is 25.9 Å². The van der Waals surface area contributed by atoms with Gasteiger partial charge in [0.25, 0.3) is 0 Å². The fraction of sp³-hybridized carbons (Fsp3) is 1.00. The van der Waals surface area contributed by atoms with Crippen LogP contribution in [0.3, 0.4) is 0 Å². The molecule has 1 saturated heterocycles. The Bertz CT molecular complexity index is 294. The molecule has 4 unspecified atom stereocenters. The van der Waals surface area contributed by atoms with Gasteiger partial charge < -0.3 is 38.3 Å². The molecular weight excluding hydrogens is 332 g/mol. The molecule has 0 saturated carbocycles. The lowest BCUT2D eigenvalue weighted by molar-refractivity contribution is -0.183. The Balaban J connectivity index is 2.13. The van der Waals surface area contributed by atoms with Gasteiger partial charge in [0.15, 0.2) is 6.29 Å². The molecule has 8 nitrogen and oxygen atoms in total. The van der Waals surface area contributed by atoms with Crippen LogP contribution in [0.2, 0.25) is 0 Å².